The number of rotatable bonds is 7. The number of hydrogen-bond donors (Lipinski definition) is 1. The molecular weight excluding hydrogens is 274 g/mol. The second-order valence-electron chi connectivity index (χ2n) is 4.35. The lowest BCUT2D eigenvalue weighted by Gasteiger charge is -2.06. The maximum Gasteiger partial charge on any atom is 0.229 e. The fourth-order valence-corrected chi connectivity index (χ4v) is 2.06. The van der Waals surface area contributed by atoms with Crippen LogP contribution in [-0.2, 0) is 11.2 Å². The highest BCUT2D eigenvalue weighted by Gasteiger charge is 2.05. The predicted molar refractivity (Wildman–Crippen MR) is 79.1 cm³/mol. The molecule has 0 atom stereocenters. The van der Waals surface area contributed by atoms with E-state index in [0.717, 1.165) is 42.3 Å². The van der Waals surface area contributed by atoms with E-state index in [2.05, 4.69) is 21.8 Å². The molecule has 0 saturated heterocycles. The Kier molecular flexibility index (Phi) is 5.49. The molecule has 0 bridgehead atoms. The van der Waals surface area contributed by atoms with Crippen LogP contribution in [0.1, 0.15) is 25.3 Å². The van der Waals surface area contributed by atoms with Crippen molar-refractivity contribution >= 4 is 22.4 Å². The first-order valence-corrected chi connectivity index (χ1v) is 7.34. The Morgan fingerprint density at radius 1 is 1.35 bits per heavy atom. The fourth-order valence-electron chi connectivity index (χ4n) is 1.63. The topological polar surface area (TPSA) is 64.1 Å². The number of ether oxygens (including phenoxy) is 1. The Labute approximate surface area is 122 Å². The van der Waals surface area contributed by atoms with Gasteiger partial charge in [0, 0.05) is 11.5 Å². The lowest BCUT2D eigenvalue weighted by molar-refractivity contribution is -0.115. The zero-order valence-corrected chi connectivity index (χ0v) is 12.2. The molecule has 0 aliphatic heterocycles. The van der Waals surface area contributed by atoms with Crippen LogP contribution >= 0.6 is 11.5 Å². The van der Waals surface area contributed by atoms with Crippen LogP contribution in [0.2, 0.25) is 0 Å². The summed E-state index contributed by atoms with van der Waals surface area (Å²) in [6.07, 6.45) is 4.03. The first-order valence-electron chi connectivity index (χ1n) is 6.57. The molecule has 1 aromatic carbocycles. The van der Waals surface area contributed by atoms with Gasteiger partial charge in [-0.3, -0.25) is 4.79 Å². The first kappa shape index (κ1) is 14.5. The SMILES string of the molecule is CCCCOc1ccc(CC(=O)Nc2cnns2)cc1. The molecule has 5 nitrogen and oxygen atoms in total. The van der Waals surface area contributed by atoms with Crippen LogP contribution in [0.5, 0.6) is 5.75 Å². The molecule has 1 heterocycles. The van der Waals surface area contributed by atoms with E-state index in [4.69, 9.17) is 4.74 Å². The molecule has 0 fully saturated rings. The molecule has 0 unspecified atom stereocenters. The van der Waals surface area contributed by atoms with E-state index < -0.39 is 0 Å². The molecule has 1 N–H and O–H groups in total. The summed E-state index contributed by atoms with van der Waals surface area (Å²) in [5.41, 5.74) is 0.947. The van der Waals surface area contributed by atoms with Crippen molar-refractivity contribution in [2.75, 3.05) is 11.9 Å². The Hall–Kier alpha value is -1.95. The Morgan fingerprint density at radius 2 is 2.15 bits per heavy atom. The minimum absolute atomic E-state index is 0.0734. The van der Waals surface area contributed by atoms with Gasteiger partial charge in [0.25, 0.3) is 0 Å². The average Bonchev–Trinajstić information content (AvgIpc) is 2.94. The van der Waals surface area contributed by atoms with Crippen LogP contribution < -0.4 is 10.1 Å². The van der Waals surface area contributed by atoms with Crippen LogP contribution in [0.15, 0.2) is 30.5 Å². The van der Waals surface area contributed by atoms with Crippen LogP contribution in [0.25, 0.3) is 0 Å². The van der Waals surface area contributed by atoms with Crippen LogP contribution in [0.3, 0.4) is 0 Å². The number of hydrogen-bond acceptors (Lipinski definition) is 5. The number of amides is 1. The quantitative estimate of drug-likeness (QED) is 0.797. The van der Waals surface area contributed by atoms with Crippen molar-refractivity contribution in [1.29, 1.82) is 0 Å². The van der Waals surface area contributed by atoms with E-state index >= 15 is 0 Å². The second-order valence-corrected chi connectivity index (χ2v) is 5.14. The van der Waals surface area contributed by atoms with Gasteiger partial charge in [0.15, 0.2) is 0 Å². The van der Waals surface area contributed by atoms with Crippen molar-refractivity contribution in [3.05, 3.63) is 36.0 Å². The van der Waals surface area contributed by atoms with E-state index in [1.807, 2.05) is 24.3 Å². The number of aromatic nitrogens is 2. The average molecular weight is 291 g/mol. The summed E-state index contributed by atoms with van der Waals surface area (Å²) < 4.78 is 9.27. The number of benzene rings is 1. The van der Waals surface area contributed by atoms with Crippen molar-refractivity contribution in [2.45, 2.75) is 26.2 Å². The lowest BCUT2D eigenvalue weighted by Crippen LogP contribution is -2.13. The molecule has 0 aliphatic rings. The van der Waals surface area contributed by atoms with Crippen molar-refractivity contribution in [3.63, 3.8) is 0 Å². The van der Waals surface area contributed by atoms with Crippen LogP contribution in [-0.4, -0.2) is 22.1 Å². The van der Waals surface area contributed by atoms with E-state index in [1.54, 1.807) is 0 Å². The summed E-state index contributed by atoms with van der Waals surface area (Å²) in [5, 5.41) is 7.08. The molecule has 0 radical (unpaired) electrons. The molecule has 2 rings (SSSR count). The molecule has 0 aliphatic carbocycles. The maximum absolute atomic E-state index is 11.8. The largest absolute Gasteiger partial charge is 0.494 e. The highest BCUT2D eigenvalue weighted by atomic mass is 32.1. The van der Waals surface area contributed by atoms with E-state index in [9.17, 15) is 4.79 Å². The third-order valence-corrected chi connectivity index (χ3v) is 3.26. The number of nitrogens with one attached hydrogen (secondary N) is 1. The van der Waals surface area contributed by atoms with Crippen LogP contribution in [0.4, 0.5) is 5.00 Å². The molecule has 6 heteroatoms. The Morgan fingerprint density at radius 3 is 2.80 bits per heavy atom. The smallest absolute Gasteiger partial charge is 0.229 e. The van der Waals surface area contributed by atoms with Gasteiger partial charge in [-0.25, -0.2) is 0 Å². The third kappa shape index (κ3) is 4.62. The number of carbonyl (C=O) groups excluding carboxylic acids is 1. The molecule has 106 valence electrons. The normalized spacial score (nSPS) is 10.2. The molecule has 2 aromatic rings. The van der Waals surface area contributed by atoms with Gasteiger partial charge in [-0.15, -0.1) is 5.10 Å². The zero-order chi connectivity index (χ0) is 14.2. The van der Waals surface area contributed by atoms with Crippen molar-refractivity contribution < 1.29 is 9.53 Å². The highest BCUT2D eigenvalue weighted by molar-refractivity contribution is 7.10. The maximum atomic E-state index is 11.8. The monoisotopic (exact) mass is 291 g/mol. The third-order valence-electron chi connectivity index (χ3n) is 2.68. The van der Waals surface area contributed by atoms with Gasteiger partial charge >= 0.3 is 0 Å². The van der Waals surface area contributed by atoms with E-state index in [1.165, 1.54) is 6.20 Å². The van der Waals surface area contributed by atoms with Crippen LogP contribution in [0, 0.1) is 0 Å². The fraction of sp³-hybridized carbons (Fsp3) is 0.357. The van der Waals surface area contributed by atoms with Crippen molar-refractivity contribution in [2.24, 2.45) is 0 Å². The van der Waals surface area contributed by atoms with Crippen molar-refractivity contribution in [3.8, 4) is 5.75 Å². The summed E-state index contributed by atoms with van der Waals surface area (Å²) in [6.45, 7) is 2.86. The first-order chi connectivity index (χ1) is 9.78. The molecule has 1 aromatic heterocycles. The standard InChI is InChI=1S/C14H17N3O2S/c1-2-3-8-19-12-6-4-11(5-7-12)9-13(18)16-14-10-15-17-20-14/h4-7,10H,2-3,8-9H2,1H3,(H,16,18). The van der Waals surface area contributed by atoms with E-state index in [0.29, 0.717) is 11.4 Å². The molecular formula is C14H17N3O2S. The predicted octanol–water partition coefficient (Wildman–Crippen LogP) is 2.90. The van der Waals surface area contributed by atoms with Gasteiger partial charge in [0.1, 0.15) is 10.8 Å². The summed E-state index contributed by atoms with van der Waals surface area (Å²) in [4.78, 5) is 11.8. The molecule has 20 heavy (non-hydrogen) atoms. The summed E-state index contributed by atoms with van der Waals surface area (Å²) in [7, 11) is 0. The molecule has 0 saturated carbocycles. The highest BCUT2D eigenvalue weighted by Crippen LogP contribution is 2.14. The second kappa shape index (κ2) is 7.59. The van der Waals surface area contributed by atoms with Gasteiger partial charge in [-0.05, 0) is 24.1 Å². The summed E-state index contributed by atoms with van der Waals surface area (Å²) >= 11 is 1.16. The van der Waals surface area contributed by atoms with Gasteiger partial charge in [0.05, 0.1) is 19.2 Å². The Balaban J connectivity index is 1.82. The van der Waals surface area contributed by atoms with Gasteiger partial charge in [-0.2, -0.15) is 0 Å². The summed E-state index contributed by atoms with van der Waals surface area (Å²) in [5.74, 6) is 0.768. The summed E-state index contributed by atoms with van der Waals surface area (Å²) in [6, 6.07) is 7.61. The number of unbranched alkanes of at least 4 members (excludes halogenated alkanes) is 1. The number of carbonyl (C=O) groups is 1. The minimum atomic E-state index is -0.0734. The van der Waals surface area contributed by atoms with Gasteiger partial charge in [-0.1, -0.05) is 30.0 Å². The minimum Gasteiger partial charge on any atom is -0.494 e. The zero-order valence-electron chi connectivity index (χ0n) is 11.3. The van der Waals surface area contributed by atoms with Crippen molar-refractivity contribution in [1.82, 2.24) is 9.59 Å². The molecule has 1 amide bonds. The Bertz CT molecular complexity index is 526. The lowest BCUT2D eigenvalue weighted by atomic mass is 10.1. The number of anilines is 1. The van der Waals surface area contributed by atoms with Gasteiger partial charge in [0.2, 0.25) is 5.91 Å². The van der Waals surface area contributed by atoms with Gasteiger partial charge < -0.3 is 10.1 Å². The number of nitrogens with zero attached hydrogens (tertiary/aromatic N) is 2. The van der Waals surface area contributed by atoms with E-state index in [-0.39, 0.29) is 5.91 Å². The molecule has 0 spiro atoms.